The number of fused-ring (bicyclic) bond motifs is 1. The number of rotatable bonds is 4. The molecule has 0 saturated heterocycles. The van der Waals surface area contributed by atoms with Gasteiger partial charge < -0.3 is 5.32 Å². The molecular weight excluding hydrogens is 269 g/mol. The lowest BCUT2D eigenvalue weighted by Gasteiger charge is -2.14. The second-order valence-electron chi connectivity index (χ2n) is 4.82. The molecule has 0 bridgehead atoms. The molecule has 0 aliphatic heterocycles. The molecule has 0 amide bonds. The predicted octanol–water partition coefficient (Wildman–Crippen LogP) is 4.54. The molecule has 102 valence electrons. The Labute approximate surface area is 122 Å². The molecule has 3 aromatic rings. The summed E-state index contributed by atoms with van der Waals surface area (Å²) in [6.07, 6.45) is 0.663. The molecule has 1 nitrogen and oxygen atoms in total. The van der Waals surface area contributed by atoms with E-state index >= 15 is 0 Å². The van der Waals surface area contributed by atoms with Gasteiger partial charge in [0.1, 0.15) is 5.82 Å². The van der Waals surface area contributed by atoms with Gasteiger partial charge in [-0.25, -0.2) is 4.39 Å². The molecule has 0 radical (unpaired) electrons. The van der Waals surface area contributed by atoms with E-state index in [1.807, 2.05) is 31.3 Å². The van der Waals surface area contributed by atoms with E-state index in [-0.39, 0.29) is 11.9 Å². The zero-order chi connectivity index (χ0) is 13.9. The minimum Gasteiger partial charge on any atom is -0.312 e. The first-order chi connectivity index (χ1) is 9.78. The van der Waals surface area contributed by atoms with Crippen LogP contribution in [0, 0.1) is 5.82 Å². The molecule has 0 spiro atoms. The van der Waals surface area contributed by atoms with Gasteiger partial charge in [0.15, 0.2) is 0 Å². The van der Waals surface area contributed by atoms with Crippen molar-refractivity contribution in [3.05, 3.63) is 70.9 Å². The highest BCUT2D eigenvalue weighted by Crippen LogP contribution is 2.31. The van der Waals surface area contributed by atoms with Crippen LogP contribution in [0.1, 0.15) is 16.5 Å². The van der Waals surface area contributed by atoms with Gasteiger partial charge in [0.05, 0.1) is 0 Å². The SMILES string of the molecule is CNC(Cc1ccccc1F)c1cc2ccccc2s1. The lowest BCUT2D eigenvalue weighted by atomic mass is 10.0. The van der Waals surface area contributed by atoms with E-state index in [4.69, 9.17) is 0 Å². The van der Waals surface area contributed by atoms with Crippen molar-refractivity contribution in [2.45, 2.75) is 12.5 Å². The first-order valence-electron chi connectivity index (χ1n) is 6.67. The minimum absolute atomic E-state index is 0.131. The Kier molecular flexibility index (Phi) is 3.81. The van der Waals surface area contributed by atoms with Crippen LogP contribution in [-0.2, 0) is 6.42 Å². The van der Waals surface area contributed by atoms with Crippen LogP contribution in [0.5, 0.6) is 0 Å². The maximum Gasteiger partial charge on any atom is 0.126 e. The molecule has 0 saturated carbocycles. The second kappa shape index (κ2) is 5.73. The molecule has 0 fully saturated rings. The number of nitrogens with one attached hydrogen (secondary N) is 1. The third-order valence-electron chi connectivity index (χ3n) is 3.52. The van der Waals surface area contributed by atoms with Crippen molar-refractivity contribution in [3.8, 4) is 0 Å². The number of benzene rings is 2. The highest BCUT2D eigenvalue weighted by atomic mass is 32.1. The monoisotopic (exact) mass is 285 g/mol. The van der Waals surface area contributed by atoms with Crippen molar-refractivity contribution in [2.24, 2.45) is 0 Å². The second-order valence-corrected chi connectivity index (χ2v) is 5.94. The van der Waals surface area contributed by atoms with Gasteiger partial charge in [0, 0.05) is 15.6 Å². The number of thiophene rings is 1. The fraction of sp³-hybridized carbons (Fsp3) is 0.176. The summed E-state index contributed by atoms with van der Waals surface area (Å²) >= 11 is 1.77. The van der Waals surface area contributed by atoms with Crippen LogP contribution < -0.4 is 5.32 Å². The summed E-state index contributed by atoms with van der Waals surface area (Å²) < 4.78 is 15.1. The maximum atomic E-state index is 13.8. The van der Waals surface area contributed by atoms with Gasteiger partial charge >= 0.3 is 0 Å². The fourth-order valence-electron chi connectivity index (χ4n) is 2.40. The largest absolute Gasteiger partial charge is 0.312 e. The lowest BCUT2D eigenvalue weighted by molar-refractivity contribution is 0.560. The summed E-state index contributed by atoms with van der Waals surface area (Å²) in [5.74, 6) is -0.131. The van der Waals surface area contributed by atoms with Gasteiger partial charge in [-0.2, -0.15) is 0 Å². The van der Waals surface area contributed by atoms with Crippen molar-refractivity contribution >= 4 is 21.4 Å². The van der Waals surface area contributed by atoms with Gasteiger partial charge in [-0.3, -0.25) is 0 Å². The van der Waals surface area contributed by atoms with E-state index in [1.54, 1.807) is 17.4 Å². The molecule has 3 rings (SSSR count). The molecule has 2 aromatic carbocycles. The van der Waals surface area contributed by atoms with Crippen LogP contribution in [-0.4, -0.2) is 7.05 Å². The fourth-order valence-corrected chi connectivity index (χ4v) is 3.58. The smallest absolute Gasteiger partial charge is 0.126 e. The van der Waals surface area contributed by atoms with Crippen LogP contribution in [0.2, 0.25) is 0 Å². The molecule has 3 heteroatoms. The van der Waals surface area contributed by atoms with Crippen LogP contribution in [0.15, 0.2) is 54.6 Å². The molecular formula is C17H16FNS. The van der Waals surface area contributed by atoms with E-state index in [0.717, 1.165) is 5.56 Å². The van der Waals surface area contributed by atoms with Crippen molar-refractivity contribution in [1.29, 1.82) is 0 Å². The molecule has 1 heterocycles. The Morgan fingerprint density at radius 2 is 1.85 bits per heavy atom. The van der Waals surface area contributed by atoms with Gasteiger partial charge in [0.2, 0.25) is 0 Å². The molecule has 0 aliphatic carbocycles. The van der Waals surface area contributed by atoms with Crippen LogP contribution in [0.4, 0.5) is 4.39 Å². The van der Waals surface area contributed by atoms with E-state index in [0.29, 0.717) is 6.42 Å². The van der Waals surface area contributed by atoms with Crippen LogP contribution in [0.25, 0.3) is 10.1 Å². The van der Waals surface area contributed by atoms with Crippen molar-refractivity contribution in [3.63, 3.8) is 0 Å². The Hall–Kier alpha value is -1.71. The summed E-state index contributed by atoms with van der Waals surface area (Å²) in [6, 6.07) is 17.7. The molecule has 20 heavy (non-hydrogen) atoms. The third kappa shape index (κ3) is 2.60. The average Bonchev–Trinajstić information content (AvgIpc) is 2.90. The summed E-state index contributed by atoms with van der Waals surface area (Å²) in [5.41, 5.74) is 0.754. The number of hydrogen-bond donors (Lipinski definition) is 1. The summed E-state index contributed by atoms with van der Waals surface area (Å²) in [5, 5.41) is 4.55. The van der Waals surface area contributed by atoms with Gasteiger partial charge in [-0.1, -0.05) is 36.4 Å². The van der Waals surface area contributed by atoms with E-state index in [2.05, 4.69) is 23.5 Å². The van der Waals surface area contributed by atoms with Crippen LogP contribution >= 0.6 is 11.3 Å². The molecule has 1 aromatic heterocycles. The Balaban J connectivity index is 1.91. The highest BCUT2D eigenvalue weighted by Gasteiger charge is 2.15. The summed E-state index contributed by atoms with van der Waals surface area (Å²) in [7, 11) is 1.93. The number of halogens is 1. The zero-order valence-corrected chi connectivity index (χ0v) is 12.1. The molecule has 1 unspecified atom stereocenters. The summed E-state index contributed by atoms with van der Waals surface area (Å²) in [6.45, 7) is 0. The Bertz CT molecular complexity index is 687. The van der Waals surface area contributed by atoms with Gasteiger partial charge in [-0.15, -0.1) is 11.3 Å². The Morgan fingerprint density at radius 3 is 2.60 bits per heavy atom. The van der Waals surface area contributed by atoms with Crippen molar-refractivity contribution < 1.29 is 4.39 Å². The first kappa shape index (κ1) is 13.3. The summed E-state index contributed by atoms with van der Waals surface area (Å²) in [4.78, 5) is 1.25. The van der Waals surface area contributed by atoms with Crippen molar-refractivity contribution in [2.75, 3.05) is 7.05 Å². The van der Waals surface area contributed by atoms with E-state index < -0.39 is 0 Å². The zero-order valence-electron chi connectivity index (χ0n) is 11.3. The van der Waals surface area contributed by atoms with E-state index in [9.17, 15) is 4.39 Å². The predicted molar refractivity (Wildman–Crippen MR) is 83.7 cm³/mol. The molecule has 1 atom stereocenters. The van der Waals surface area contributed by atoms with Gasteiger partial charge in [0.25, 0.3) is 0 Å². The van der Waals surface area contributed by atoms with Gasteiger partial charge in [-0.05, 0) is 42.6 Å². The lowest BCUT2D eigenvalue weighted by Crippen LogP contribution is -2.18. The number of hydrogen-bond acceptors (Lipinski definition) is 2. The standard InChI is InChI=1S/C17H16FNS/c1-19-15(10-12-6-2-4-8-14(12)18)17-11-13-7-3-5-9-16(13)20-17/h2-9,11,15,19H,10H2,1H3. The molecule has 0 aliphatic rings. The quantitative estimate of drug-likeness (QED) is 0.742. The first-order valence-corrected chi connectivity index (χ1v) is 7.48. The highest BCUT2D eigenvalue weighted by molar-refractivity contribution is 7.19. The topological polar surface area (TPSA) is 12.0 Å². The third-order valence-corrected chi connectivity index (χ3v) is 4.75. The molecule has 1 N–H and O–H groups in total. The van der Waals surface area contributed by atoms with Crippen molar-refractivity contribution in [1.82, 2.24) is 5.32 Å². The maximum absolute atomic E-state index is 13.8. The minimum atomic E-state index is -0.131. The number of likely N-dealkylation sites (N-methyl/N-ethyl adjacent to an activating group) is 1. The van der Waals surface area contributed by atoms with E-state index in [1.165, 1.54) is 21.0 Å². The average molecular weight is 285 g/mol. The normalized spacial score (nSPS) is 12.7. The van der Waals surface area contributed by atoms with Crippen LogP contribution in [0.3, 0.4) is 0 Å². The Morgan fingerprint density at radius 1 is 1.10 bits per heavy atom.